The van der Waals surface area contributed by atoms with Crippen molar-refractivity contribution >= 4 is 0 Å². The van der Waals surface area contributed by atoms with E-state index in [9.17, 15) is 0 Å². The fraction of sp³-hybridized carbons (Fsp3) is 0.368. The molecule has 5 heteroatoms. The van der Waals surface area contributed by atoms with E-state index in [1.54, 1.807) is 6.26 Å². The molecule has 1 aromatic carbocycles. The molecule has 0 amide bonds. The Kier molecular flexibility index (Phi) is 5.31. The van der Waals surface area contributed by atoms with Gasteiger partial charge in [0.25, 0.3) is 0 Å². The van der Waals surface area contributed by atoms with Gasteiger partial charge in [-0.15, -0.1) is 0 Å². The first-order chi connectivity index (χ1) is 11.7. The molecule has 0 unspecified atom stereocenters. The maximum absolute atomic E-state index is 5.77. The van der Waals surface area contributed by atoms with Crippen LogP contribution in [0.1, 0.15) is 36.4 Å². The van der Waals surface area contributed by atoms with E-state index in [2.05, 4.69) is 10.1 Å². The number of oxazole rings is 1. The Bertz CT molecular complexity index is 759. The molecular weight excluding hydrogens is 304 g/mol. The number of aryl methyl sites for hydroxylation is 3. The van der Waals surface area contributed by atoms with Gasteiger partial charge in [0.1, 0.15) is 17.8 Å². The molecule has 0 N–H and O–H groups in total. The van der Waals surface area contributed by atoms with Crippen molar-refractivity contribution in [3.05, 3.63) is 53.7 Å². The molecule has 0 spiro atoms. The van der Waals surface area contributed by atoms with Crippen LogP contribution in [0.3, 0.4) is 0 Å². The van der Waals surface area contributed by atoms with Crippen molar-refractivity contribution in [3.8, 4) is 17.2 Å². The Hall–Kier alpha value is -2.56. The normalized spacial score (nSPS) is 10.9. The number of hydrogen-bond acceptors (Lipinski definition) is 5. The average molecular weight is 326 g/mol. The Morgan fingerprint density at radius 3 is 2.50 bits per heavy atom. The molecule has 126 valence electrons. The van der Waals surface area contributed by atoms with E-state index in [4.69, 9.17) is 13.7 Å². The molecule has 0 aliphatic rings. The summed E-state index contributed by atoms with van der Waals surface area (Å²) in [5.41, 5.74) is 2.78. The lowest BCUT2D eigenvalue weighted by molar-refractivity contribution is 0.303. The maximum Gasteiger partial charge on any atom is 0.226 e. The van der Waals surface area contributed by atoms with E-state index in [-0.39, 0.29) is 0 Å². The summed E-state index contributed by atoms with van der Waals surface area (Å²) in [6.45, 7) is 4.57. The van der Waals surface area contributed by atoms with Gasteiger partial charge in [0.2, 0.25) is 5.89 Å². The van der Waals surface area contributed by atoms with Crippen LogP contribution in [0.15, 0.2) is 45.5 Å². The summed E-state index contributed by atoms with van der Waals surface area (Å²) >= 11 is 0. The highest BCUT2D eigenvalue weighted by atomic mass is 16.5. The molecule has 2 heterocycles. The van der Waals surface area contributed by atoms with Crippen LogP contribution in [0.4, 0.5) is 0 Å². The molecule has 0 fully saturated rings. The summed E-state index contributed by atoms with van der Waals surface area (Å²) in [5, 5.41) is 3.89. The molecule has 0 bridgehead atoms. The molecule has 24 heavy (non-hydrogen) atoms. The Morgan fingerprint density at radius 1 is 1.00 bits per heavy atom. The van der Waals surface area contributed by atoms with E-state index in [1.807, 2.05) is 44.2 Å². The molecular formula is C19H22N2O3. The molecule has 3 rings (SSSR count). The van der Waals surface area contributed by atoms with Crippen LogP contribution in [-0.4, -0.2) is 16.7 Å². The van der Waals surface area contributed by atoms with E-state index in [0.717, 1.165) is 54.1 Å². The second-order valence-electron chi connectivity index (χ2n) is 5.91. The Balaban J connectivity index is 1.36. The van der Waals surface area contributed by atoms with Gasteiger partial charge in [0.05, 0.1) is 18.0 Å². The van der Waals surface area contributed by atoms with Gasteiger partial charge in [-0.3, -0.25) is 0 Å². The molecule has 3 aromatic rings. The zero-order valence-corrected chi connectivity index (χ0v) is 14.1. The summed E-state index contributed by atoms with van der Waals surface area (Å²) in [6.07, 6.45) is 5.80. The van der Waals surface area contributed by atoms with Gasteiger partial charge < -0.3 is 13.7 Å². The van der Waals surface area contributed by atoms with Crippen LogP contribution in [0.2, 0.25) is 0 Å². The van der Waals surface area contributed by atoms with Crippen LogP contribution in [0.5, 0.6) is 5.75 Å². The SMILES string of the molecule is Cc1cc(CCCCCOc2ccc(-c3nc(C)co3)cc2)on1. The lowest BCUT2D eigenvalue weighted by Gasteiger charge is -2.06. The number of nitrogens with zero attached hydrogens (tertiary/aromatic N) is 2. The molecule has 0 saturated heterocycles. The molecule has 0 radical (unpaired) electrons. The van der Waals surface area contributed by atoms with Gasteiger partial charge in [-0.05, 0) is 57.4 Å². The molecule has 0 atom stereocenters. The van der Waals surface area contributed by atoms with Crippen LogP contribution in [0.25, 0.3) is 11.5 Å². The number of hydrogen-bond donors (Lipinski definition) is 0. The fourth-order valence-electron chi connectivity index (χ4n) is 2.48. The van der Waals surface area contributed by atoms with Gasteiger partial charge in [-0.1, -0.05) is 5.16 Å². The van der Waals surface area contributed by atoms with Crippen LogP contribution < -0.4 is 4.74 Å². The topological polar surface area (TPSA) is 61.3 Å². The number of aromatic nitrogens is 2. The van der Waals surface area contributed by atoms with E-state index < -0.39 is 0 Å². The third kappa shape index (κ3) is 4.47. The minimum absolute atomic E-state index is 0.640. The smallest absolute Gasteiger partial charge is 0.226 e. The Morgan fingerprint density at radius 2 is 1.83 bits per heavy atom. The first-order valence-electron chi connectivity index (χ1n) is 8.28. The van der Waals surface area contributed by atoms with Crippen LogP contribution in [0, 0.1) is 13.8 Å². The number of rotatable bonds is 8. The average Bonchev–Trinajstić information content (AvgIpc) is 3.20. The molecule has 0 aliphatic heterocycles. The molecule has 0 saturated carbocycles. The zero-order chi connectivity index (χ0) is 16.8. The second-order valence-corrected chi connectivity index (χ2v) is 5.91. The predicted molar refractivity (Wildman–Crippen MR) is 91.0 cm³/mol. The largest absolute Gasteiger partial charge is 0.494 e. The zero-order valence-electron chi connectivity index (χ0n) is 14.1. The van der Waals surface area contributed by atoms with Crippen LogP contribution >= 0.6 is 0 Å². The highest BCUT2D eigenvalue weighted by Gasteiger charge is 2.04. The summed E-state index contributed by atoms with van der Waals surface area (Å²) in [6, 6.07) is 9.82. The van der Waals surface area contributed by atoms with Crippen molar-refractivity contribution in [1.29, 1.82) is 0 Å². The Labute approximate surface area is 141 Å². The quantitative estimate of drug-likeness (QED) is 0.560. The monoisotopic (exact) mass is 326 g/mol. The van der Waals surface area contributed by atoms with E-state index in [1.165, 1.54) is 0 Å². The first kappa shape index (κ1) is 16.3. The van der Waals surface area contributed by atoms with E-state index in [0.29, 0.717) is 12.5 Å². The van der Waals surface area contributed by atoms with Crippen molar-refractivity contribution in [2.45, 2.75) is 39.5 Å². The highest BCUT2D eigenvalue weighted by Crippen LogP contribution is 2.22. The van der Waals surface area contributed by atoms with Crippen molar-refractivity contribution in [2.75, 3.05) is 6.61 Å². The maximum atomic E-state index is 5.77. The highest BCUT2D eigenvalue weighted by molar-refractivity contribution is 5.54. The summed E-state index contributed by atoms with van der Waals surface area (Å²) in [5.74, 6) is 2.47. The van der Waals surface area contributed by atoms with Gasteiger partial charge in [-0.2, -0.15) is 0 Å². The standard InChI is InChI=1S/C19H22N2O3/c1-14-12-18(24-21-14)6-4-3-5-11-22-17-9-7-16(8-10-17)19-20-15(2)13-23-19/h7-10,12-13H,3-6,11H2,1-2H3. The fourth-order valence-corrected chi connectivity index (χ4v) is 2.48. The summed E-state index contributed by atoms with van der Waals surface area (Å²) < 4.78 is 16.4. The third-order valence-electron chi connectivity index (χ3n) is 3.73. The van der Waals surface area contributed by atoms with Crippen molar-refractivity contribution in [2.24, 2.45) is 0 Å². The molecule has 2 aromatic heterocycles. The van der Waals surface area contributed by atoms with Crippen molar-refractivity contribution in [1.82, 2.24) is 10.1 Å². The first-order valence-corrected chi connectivity index (χ1v) is 8.28. The number of unbranched alkanes of at least 4 members (excludes halogenated alkanes) is 2. The van der Waals surface area contributed by atoms with Crippen LogP contribution in [-0.2, 0) is 6.42 Å². The number of ether oxygens (including phenoxy) is 1. The second kappa shape index (κ2) is 7.81. The van der Waals surface area contributed by atoms with E-state index >= 15 is 0 Å². The van der Waals surface area contributed by atoms with Gasteiger partial charge >= 0.3 is 0 Å². The minimum Gasteiger partial charge on any atom is -0.494 e. The summed E-state index contributed by atoms with van der Waals surface area (Å²) in [4.78, 5) is 4.31. The molecule has 0 aliphatic carbocycles. The predicted octanol–water partition coefficient (Wildman–Crippen LogP) is 4.74. The van der Waals surface area contributed by atoms with Gasteiger partial charge in [-0.25, -0.2) is 4.98 Å². The lowest BCUT2D eigenvalue weighted by atomic mass is 10.1. The third-order valence-corrected chi connectivity index (χ3v) is 3.73. The summed E-state index contributed by atoms with van der Waals surface area (Å²) in [7, 11) is 0. The minimum atomic E-state index is 0.640. The van der Waals surface area contributed by atoms with Gasteiger partial charge in [0, 0.05) is 18.1 Å². The van der Waals surface area contributed by atoms with Crippen molar-refractivity contribution < 1.29 is 13.7 Å². The number of benzene rings is 1. The molecule has 5 nitrogen and oxygen atoms in total. The van der Waals surface area contributed by atoms with Crippen molar-refractivity contribution in [3.63, 3.8) is 0 Å². The lowest BCUT2D eigenvalue weighted by Crippen LogP contribution is -1.97. The van der Waals surface area contributed by atoms with Gasteiger partial charge in [0.15, 0.2) is 0 Å².